The van der Waals surface area contributed by atoms with Crippen LogP contribution in [0.15, 0.2) is 42.5 Å². The Morgan fingerprint density at radius 2 is 1.53 bits per heavy atom. The van der Waals surface area contributed by atoms with E-state index in [0.29, 0.717) is 31.9 Å². The highest BCUT2D eigenvalue weighted by Gasteiger charge is 2.33. The van der Waals surface area contributed by atoms with Gasteiger partial charge in [0.2, 0.25) is 15.9 Å². The molecule has 0 N–H and O–H groups in total. The maximum absolute atomic E-state index is 13.2. The zero-order chi connectivity index (χ0) is 22.1. The summed E-state index contributed by atoms with van der Waals surface area (Å²) in [7, 11) is -3.65. The van der Waals surface area contributed by atoms with Crippen LogP contribution in [0.1, 0.15) is 18.1 Å². The third-order valence-corrected chi connectivity index (χ3v) is 6.55. The molecule has 0 radical (unpaired) electrons. The molecule has 1 aliphatic rings. The molecule has 1 aliphatic heterocycles. The summed E-state index contributed by atoms with van der Waals surface area (Å²) in [6.07, 6.45) is 1.13. The molecule has 0 aliphatic carbocycles. The molecule has 1 saturated heterocycles. The van der Waals surface area contributed by atoms with Crippen molar-refractivity contribution in [3.8, 4) is 0 Å². The number of benzene rings is 2. The molecule has 0 spiro atoms. The molecule has 0 bridgehead atoms. The van der Waals surface area contributed by atoms with Gasteiger partial charge in [-0.05, 0) is 68.3 Å². The zero-order valence-corrected chi connectivity index (χ0v) is 18.6. The lowest BCUT2D eigenvalue weighted by atomic mass is 10.1. The average molecular weight is 434 g/mol. The number of hydrogen-bond donors (Lipinski definition) is 0. The van der Waals surface area contributed by atoms with E-state index in [9.17, 15) is 17.6 Å². The summed E-state index contributed by atoms with van der Waals surface area (Å²) in [4.78, 5) is 17.0. The maximum Gasteiger partial charge on any atom is 0.246 e. The highest BCUT2D eigenvalue weighted by Crippen LogP contribution is 2.25. The van der Waals surface area contributed by atoms with Crippen molar-refractivity contribution in [1.29, 1.82) is 0 Å². The molecule has 2 aromatic carbocycles. The molecule has 1 atom stereocenters. The van der Waals surface area contributed by atoms with Crippen LogP contribution in [0.3, 0.4) is 0 Å². The number of hydrogen-bond acceptors (Lipinski definition) is 4. The zero-order valence-electron chi connectivity index (χ0n) is 17.8. The Morgan fingerprint density at radius 3 is 2.03 bits per heavy atom. The van der Waals surface area contributed by atoms with Crippen LogP contribution in [-0.2, 0) is 14.8 Å². The normalized spacial score (nSPS) is 15.8. The van der Waals surface area contributed by atoms with E-state index in [2.05, 4.69) is 4.90 Å². The van der Waals surface area contributed by atoms with Gasteiger partial charge in [0.1, 0.15) is 11.9 Å². The fraction of sp³-hybridized carbons (Fsp3) is 0.409. The first kappa shape index (κ1) is 22.1. The highest BCUT2D eigenvalue weighted by molar-refractivity contribution is 7.92. The minimum absolute atomic E-state index is 0.224. The number of carbonyl (C=O) groups excluding carboxylic acids is 1. The molecule has 1 fully saturated rings. The molecule has 0 saturated carbocycles. The summed E-state index contributed by atoms with van der Waals surface area (Å²) >= 11 is 0. The van der Waals surface area contributed by atoms with Gasteiger partial charge in [-0.1, -0.05) is 6.07 Å². The predicted octanol–water partition coefficient (Wildman–Crippen LogP) is 2.95. The molecule has 0 aromatic heterocycles. The van der Waals surface area contributed by atoms with Gasteiger partial charge in [0.05, 0.1) is 11.9 Å². The first-order valence-corrected chi connectivity index (χ1v) is 11.8. The van der Waals surface area contributed by atoms with Gasteiger partial charge in [0.25, 0.3) is 0 Å². The number of carbonyl (C=O) groups is 1. The van der Waals surface area contributed by atoms with Crippen molar-refractivity contribution in [3.05, 3.63) is 59.4 Å². The summed E-state index contributed by atoms with van der Waals surface area (Å²) < 4.78 is 39.5. The second-order valence-corrected chi connectivity index (χ2v) is 9.73. The lowest BCUT2D eigenvalue weighted by molar-refractivity contribution is -0.132. The van der Waals surface area contributed by atoms with E-state index in [1.54, 1.807) is 36.1 Å². The van der Waals surface area contributed by atoms with E-state index in [1.165, 1.54) is 16.4 Å². The van der Waals surface area contributed by atoms with E-state index >= 15 is 0 Å². The average Bonchev–Trinajstić information content (AvgIpc) is 2.66. The fourth-order valence-electron chi connectivity index (χ4n) is 3.98. The van der Waals surface area contributed by atoms with Crippen molar-refractivity contribution >= 4 is 27.3 Å². The van der Waals surface area contributed by atoms with Crippen molar-refractivity contribution in [2.24, 2.45) is 0 Å². The lowest BCUT2D eigenvalue weighted by Crippen LogP contribution is -2.55. The Morgan fingerprint density at radius 1 is 1.00 bits per heavy atom. The third kappa shape index (κ3) is 4.92. The summed E-state index contributed by atoms with van der Waals surface area (Å²) in [6, 6.07) is 11.0. The van der Waals surface area contributed by atoms with Crippen LogP contribution in [-0.4, -0.2) is 57.7 Å². The van der Waals surface area contributed by atoms with Crippen LogP contribution in [0.2, 0.25) is 0 Å². The summed E-state index contributed by atoms with van der Waals surface area (Å²) in [5.41, 5.74) is 3.28. The predicted molar refractivity (Wildman–Crippen MR) is 118 cm³/mol. The first-order valence-electron chi connectivity index (χ1n) is 9.93. The number of halogens is 1. The summed E-state index contributed by atoms with van der Waals surface area (Å²) in [5, 5.41) is 0. The number of aryl methyl sites for hydroxylation is 2. The number of nitrogens with zero attached hydrogens (tertiary/aromatic N) is 3. The number of amides is 1. The van der Waals surface area contributed by atoms with Gasteiger partial charge >= 0.3 is 0 Å². The van der Waals surface area contributed by atoms with Gasteiger partial charge in [0, 0.05) is 31.9 Å². The molecule has 0 unspecified atom stereocenters. The van der Waals surface area contributed by atoms with Crippen LogP contribution >= 0.6 is 0 Å². The Labute approximate surface area is 177 Å². The Bertz CT molecular complexity index is 996. The fourth-order valence-corrected chi connectivity index (χ4v) is 5.13. The molecule has 2 aromatic rings. The monoisotopic (exact) mass is 433 g/mol. The van der Waals surface area contributed by atoms with E-state index in [-0.39, 0.29) is 11.7 Å². The number of sulfonamides is 1. The smallest absolute Gasteiger partial charge is 0.246 e. The molecule has 1 amide bonds. The minimum Gasteiger partial charge on any atom is -0.368 e. The van der Waals surface area contributed by atoms with Crippen molar-refractivity contribution in [1.82, 2.24) is 4.90 Å². The Hall–Kier alpha value is -2.61. The van der Waals surface area contributed by atoms with E-state index < -0.39 is 16.1 Å². The molecule has 1 heterocycles. The molecule has 30 heavy (non-hydrogen) atoms. The van der Waals surface area contributed by atoms with Crippen LogP contribution in [0.5, 0.6) is 0 Å². The van der Waals surface area contributed by atoms with E-state index in [4.69, 9.17) is 0 Å². The number of piperazine rings is 1. The quantitative estimate of drug-likeness (QED) is 0.728. The van der Waals surface area contributed by atoms with Gasteiger partial charge in [-0.25, -0.2) is 12.8 Å². The SMILES string of the molecule is Cc1cc(C)cc(N([C@H](C)C(=O)N2CCN(c3ccc(F)cc3)CC2)S(C)(=O)=O)c1. The number of rotatable bonds is 5. The second kappa shape index (κ2) is 8.63. The van der Waals surface area contributed by atoms with E-state index in [1.807, 2.05) is 19.9 Å². The largest absolute Gasteiger partial charge is 0.368 e. The van der Waals surface area contributed by atoms with Crippen molar-refractivity contribution < 1.29 is 17.6 Å². The van der Waals surface area contributed by atoms with Crippen LogP contribution in [0.4, 0.5) is 15.8 Å². The van der Waals surface area contributed by atoms with Crippen LogP contribution < -0.4 is 9.21 Å². The Kier molecular flexibility index (Phi) is 6.36. The molecule has 8 heteroatoms. The molecular weight excluding hydrogens is 405 g/mol. The lowest BCUT2D eigenvalue weighted by Gasteiger charge is -2.39. The summed E-state index contributed by atoms with van der Waals surface area (Å²) in [6.45, 7) is 7.60. The minimum atomic E-state index is -3.65. The van der Waals surface area contributed by atoms with Crippen molar-refractivity contribution in [3.63, 3.8) is 0 Å². The molecule has 6 nitrogen and oxygen atoms in total. The van der Waals surface area contributed by atoms with Gasteiger partial charge in [0.15, 0.2) is 0 Å². The van der Waals surface area contributed by atoms with Crippen molar-refractivity contribution in [2.45, 2.75) is 26.8 Å². The molecule has 162 valence electrons. The second-order valence-electron chi connectivity index (χ2n) is 7.87. The standard InChI is InChI=1S/C22H28FN3O3S/c1-16-13-17(2)15-21(14-16)26(30(4,28)29)18(3)22(27)25-11-9-24(10-12-25)20-7-5-19(23)6-8-20/h5-8,13-15,18H,9-12H2,1-4H3/t18-/m1/s1. The van der Waals surface area contributed by atoms with E-state index in [0.717, 1.165) is 23.1 Å². The maximum atomic E-state index is 13.2. The topological polar surface area (TPSA) is 60.9 Å². The first-order chi connectivity index (χ1) is 14.1. The number of anilines is 2. The molecular formula is C22H28FN3O3S. The van der Waals surface area contributed by atoms with Gasteiger partial charge in [-0.3, -0.25) is 9.10 Å². The van der Waals surface area contributed by atoms with Crippen LogP contribution in [0.25, 0.3) is 0 Å². The summed E-state index contributed by atoms with van der Waals surface area (Å²) in [5.74, 6) is -0.507. The Balaban J connectivity index is 1.75. The third-order valence-electron chi connectivity index (χ3n) is 5.31. The van der Waals surface area contributed by atoms with Gasteiger partial charge in [-0.15, -0.1) is 0 Å². The van der Waals surface area contributed by atoms with Gasteiger partial charge < -0.3 is 9.80 Å². The highest BCUT2D eigenvalue weighted by atomic mass is 32.2. The molecule has 3 rings (SSSR count). The van der Waals surface area contributed by atoms with Crippen molar-refractivity contribution in [2.75, 3.05) is 41.6 Å². The van der Waals surface area contributed by atoms with Crippen LogP contribution in [0, 0.1) is 19.7 Å². The van der Waals surface area contributed by atoms with Gasteiger partial charge in [-0.2, -0.15) is 0 Å².